The Morgan fingerprint density at radius 1 is 1.11 bits per heavy atom. The molecule has 2 aromatic carbocycles. The molecule has 1 amide bonds. The van der Waals surface area contributed by atoms with Crippen LogP contribution in [0.5, 0.6) is 0 Å². The van der Waals surface area contributed by atoms with Crippen molar-refractivity contribution < 1.29 is 18.7 Å². The van der Waals surface area contributed by atoms with Crippen LogP contribution >= 0.6 is 11.6 Å². The maximum Gasteiger partial charge on any atom is 0.239 e. The topological polar surface area (TPSA) is 86.1 Å². The molecule has 0 bridgehead atoms. The van der Waals surface area contributed by atoms with E-state index in [9.17, 15) is 14.0 Å². The third-order valence-corrected chi connectivity index (χ3v) is 7.15. The molecule has 4 aromatic rings. The number of alkyl halides is 1. The van der Waals surface area contributed by atoms with Gasteiger partial charge in [0.05, 0.1) is 11.2 Å². The smallest absolute Gasteiger partial charge is 0.239 e. The van der Waals surface area contributed by atoms with Crippen LogP contribution in [0.1, 0.15) is 65.7 Å². The number of hydrogen-bond donors (Lipinski definition) is 1. The minimum absolute atomic E-state index is 0.117. The van der Waals surface area contributed by atoms with Gasteiger partial charge in [-0.3, -0.25) is 14.6 Å². The highest BCUT2D eigenvalue weighted by atomic mass is 35.5. The van der Waals surface area contributed by atoms with Crippen LogP contribution < -0.4 is 5.32 Å². The quantitative estimate of drug-likeness (QED) is 0.267. The number of carbonyl (C=O) groups is 2. The van der Waals surface area contributed by atoms with E-state index in [2.05, 4.69) is 15.4 Å². The maximum atomic E-state index is 14.8. The van der Waals surface area contributed by atoms with E-state index in [0.29, 0.717) is 40.1 Å². The van der Waals surface area contributed by atoms with E-state index in [1.807, 2.05) is 12.1 Å². The second kappa shape index (κ2) is 9.26. The van der Waals surface area contributed by atoms with Crippen LogP contribution in [0.3, 0.4) is 0 Å². The average molecular weight is 507 g/mol. The van der Waals surface area contributed by atoms with Gasteiger partial charge in [0.2, 0.25) is 5.91 Å². The summed E-state index contributed by atoms with van der Waals surface area (Å²) in [6.45, 7) is 0.619. The van der Waals surface area contributed by atoms with E-state index in [4.69, 9.17) is 16.3 Å². The summed E-state index contributed by atoms with van der Waals surface area (Å²) >= 11 is 5.79. The second-order valence-electron chi connectivity index (χ2n) is 9.36. The van der Waals surface area contributed by atoms with Crippen LogP contribution in [0, 0.1) is 5.82 Å². The molecule has 36 heavy (non-hydrogen) atoms. The Morgan fingerprint density at radius 2 is 1.97 bits per heavy atom. The van der Waals surface area contributed by atoms with Crippen molar-refractivity contribution in [2.45, 2.75) is 44.2 Å². The largest absolute Gasteiger partial charge is 0.357 e. The highest BCUT2D eigenvalue weighted by Crippen LogP contribution is 2.45. The first kappa shape index (κ1) is 23.1. The van der Waals surface area contributed by atoms with Crippen molar-refractivity contribution >= 4 is 50.8 Å². The third kappa shape index (κ3) is 4.04. The van der Waals surface area contributed by atoms with Crippen molar-refractivity contribution in [2.75, 3.05) is 17.8 Å². The summed E-state index contributed by atoms with van der Waals surface area (Å²) in [7, 11) is 0. The first-order chi connectivity index (χ1) is 17.5. The Hall–Kier alpha value is -3.36. The molecule has 1 atom stereocenters. The standard InChI is InChI=1S/C27H24ClFN4O3/c28-13-22(34)31-25-17-4-3-10-30-24(17)18(15-6-7-15)12-19(25)27(35)16-8-9-21(29)26-20(16)14-33(32-26)23-5-1-2-11-36-23/h3-4,8-10,12,14-15,23H,1-2,5-7,11,13H2,(H,31,34). The Morgan fingerprint density at radius 3 is 2.72 bits per heavy atom. The molecule has 1 saturated heterocycles. The van der Waals surface area contributed by atoms with Gasteiger partial charge in [-0.2, -0.15) is 5.10 Å². The molecule has 9 heteroatoms. The number of aromatic nitrogens is 3. The minimum atomic E-state index is -0.506. The molecule has 1 saturated carbocycles. The second-order valence-corrected chi connectivity index (χ2v) is 9.63. The summed E-state index contributed by atoms with van der Waals surface area (Å²) in [6, 6.07) is 8.17. The van der Waals surface area contributed by atoms with Crippen molar-refractivity contribution in [3.05, 3.63) is 65.2 Å². The zero-order chi connectivity index (χ0) is 24.8. The molecule has 1 aliphatic carbocycles. The fraction of sp³-hybridized carbons (Fsp3) is 0.333. The van der Waals surface area contributed by atoms with E-state index >= 15 is 0 Å². The fourth-order valence-corrected chi connectivity index (χ4v) is 5.05. The summed E-state index contributed by atoms with van der Waals surface area (Å²) in [5.41, 5.74) is 2.84. The van der Waals surface area contributed by atoms with Gasteiger partial charge in [-0.15, -0.1) is 11.6 Å². The fourth-order valence-electron chi connectivity index (χ4n) is 4.98. The van der Waals surface area contributed by atoms with Gasteiger partial charge in [-0.05, 0) is 73.9 Å². The van der Waals surface area contributed by atoms with Crippen molar-refractivity contribution in [2.24, 2.45) is 0 Å². The number of rotatable bonds is 6. The average Bonchev–Trinajstić information content (AvgIpc) is 3.66. The first-order valence-corrected chi connectivity index (χ1v) is 12.7. The Balaban J connectivity index is 1.53. The molecule has 1 N–H and O–H groups in total. The predicted octanol–water partition coefficient (Wildman–Crippen LogP) is 5.71. The van der Waals surface area contributed by atoms with Gasteiger partial charge >= 0.3 is 0 Å². The molecule has 0 radical (unpaired) electrons. The molecule has 2 aromatic heterocycles. The Labute approximate surface area is 211 Å². The van der Waals surface area contributed by atoms with Gasteiger partial charge in [-0.1, -0.05) is 0 Å². The molecule has 184 valence electrons. The summed E-state index contributed by atoms with van der Waals surface area (Å²) in [4.78, 5) is 31.0. The van der Waals surface area contributed by atoms with Crippen LogP contribution in [0.25, 0.3) is 21.8 Å². The van der Waals surface area contributed by atoms with Crippen LogP contribution in [0.15, 0.2) is 42.7 Å². The number of nitrogens with zero attached hydrogens (tertiary/aromatic N) is 3. The summed E-state index contributed by atoms with van der Waals surface area (Å²) in [5, 5.41) is 8.32. The molecule has 1 aliphatic heterocycles. The van der Waals surface area contributed by atoms with Crippen LogP contribution in [-0.4, -0.2) is 38.9 Å². The molecule has 2 fully saturated rings. The highest BCUT2D eigenvalue weighted by molar-refractivity contribution is 6.30. The number of ether oxygens (including phenoxy) is 1. The molecular weight excluding hydrogens is 483 g/mol. The molecule has 0 spiro atoms. The number of pyridine rings is 1. The zero-order valence-corrected chi connectivity index (χ0v) is 20.2. The predicted molar refractivity (Wildman–Crippen MR) is 135 cm³/mol. The monoisotopic (exact) mass is 506 g/mol. The minimum Gasteiger partial charge on any atom is -0.357 e. The van der Waals surface area contributed by atoms with Crippen molar-refractivity contribution in [1.29, 1.82) is 0 Å². The van der Waals surface area contributed by atoms with E-state index in [1.165, 1.54) is 12.1 Å². The zero-order valence-electron chi connectivity index (χ0n) is 19.5. The molecule has 3 heterocycles. The van der Waals surface area contributed by atoms with Crippen molar-refractivity contribution in [1.82, 2.24) is 14.8 Å². The number of hydrogen-bond acceptors (Lipinski definition) is 5. The van der Waals surface area contributed by atoms with E-state index < -0.39 is 11.7 Å². The lowest BCUT2D eigenvalue weighted by Gasteiger charge is -2.22. The third-order valence-electron chi connectivity index (χ3n) is 6.91. The number of halogens is 2. The van der Waals surface area contributed by atoms with Crippen LogP contribution in [-0.2, 0) is 9.53 Å². The van der Waals surface area contributed by atoms with Gasteiger partial charge < -0.3 is 10.1 Å². The lowest BCUT2D eigenvalue weighted by molar-refractivity contribution is -0.113. The number of ketones is 1. The SMILES string of the molecule is O=C(CCl)Nc1c(C(=O)c2ccc(F)c3nn(C4CCCCO4)cc23)cc(C2CC2)c2ncccc12. The summed E-state index contributed by atoms with van der Waals surface area (Å²) < 4.78 is 22.2. The summed E-state index contributed by atoms with van der Waals surface area (Å²) in [5.74, 6) is -1.21. The number of benzene rings is 2. The number of fused-ring (bicyclic) bond motifs is 2. The van der Waals surface area contributed by atoms with Gasteiger partial charge in [-0.25, -0.2) is 9.07 Å². The van der Waals surface area contributed by atoms with Gasteiger partial charge in [0.1, 0.15) is 17.6 Å². The van der Waals surface area contributed by atoms with E-state index in [0.717, 1.165) is 43.2 Å². The van der Waals surface area contributed by atoms with Crippen molar-refractivity contribution in [3.63, 3.8) is 0 Å². The normalized spacial score (nSPS) is 18.0. The molecule has 7 nitrogen and oxygen atoms in total. The lowest BCUT2D eigenvalue weighted by Crippen LogP contribution is -2.18. The van der Waals surface area contributed by atoms with Crippen LogP contribution in [0.4, 0.5) is 10.1 Å². The first-order valence-electron chi connectivity index (χ1n) is 12.2. The Kier molecular flexibility index (Phi) is 5.93. The lowest BCUT2D eigenvalue weighted by atomic mass is 9.93. The highest BCUT2D eigenvalue weighted by Gasteiger charge is 2.30. The number of amides is 1. The van der Waals surface area contributed by atoms with Crippen molar-refractivity contribution in [3.8, 4) is 0 Å². The molecule has 1 unspecified atom stereocenters. The number of carbonyl (C=O) groups excluding carboxylic acids is 2. The maximum absolute atomic E-state index is 14.8. The van der Waals surface area contributed by atoms with Gasteiger partial charge in [0.25, 0.3) is 0 Å². The number of anilines is 1. The molecule has 6 rings (SSSR count). The number of nitrogens with one attached hydrogen (secondary N) is 1. The van der Waals surface area contributed by atoms with Gasteiger partial charge in [0.15, 0.2) is 11.6 Å². The van der Waals surface area contributed by atoms with E-state index in [-0.39, 0.29) is 23.4 Å². The van der Waals surface area contributed by atoms with E-state index in [1.54, 1.807) is 23.1 Å². The summed E-state index contributed by atoms with van der Waals surface area (Å²) in [6.07, 6.45) is 7.87. The Bertz CT molecular complexity index is 1510. The molecular formula is C27H24ClFN4O3. The molecule has 2 aliphatic rings. The van der Waals surface area contributed by atoms with Crippen LogP contribution in [0.2, 0.25) is 0 Å². The van der Waals surface area contributed by atoms with Gasteiger partial charge in [0, 0.05) is 40.9 Å².